The largest absolute Gasteiger partial charge is 0.327 e. The molecular formula is C15H23N. The van der Waals surface area contributed by atoms with Gasteiger partial charge in [0.1, 0.15) is 0 Å². The fraction of sp³-hybridized carbons (Fsp3) is 0.600. The molecule has 0 aromatic heterocycles. The van der Waals surface area contributed by atoms with Crippen LogP contribution in [0.1, 0.15) is 51.7 Å². The van der Waals surface area contributed by atoms with Crippen LogP contribution in [0, 0.1) is 0 Å². The molecule has 1 unspecified atom stereocenters. The fourth-order valence-corrected chi connectivity index (χ4v) is 2.68. The third kappa shape index (κ3) is 1.78. The molecule has 0 bridgehead atoms. The van der Waals surface area contributed by atoms with Gasteiger partial charge < -0.3 is 5.73 Å². The number of hydrogen-bond acceptors (Lipinski definition) is 1. The topological polar surface area (TPSA) is 26.0 Å². The van der Waals surface area contributed by atoms with Gasteiger partial charge in [-0.3, -0.25) is 0 Å². The molecule has 1 nitrogen and oxygen atoms in total. The van der Waals surface area contributed by atoms with Crippen molar-refractivity contribution in [3.63, 3.8) is 0 Å². The van der Waals surface area contributed by atoms with Gasteiger partial charge in [0.25, 0.3) is 0 Å². The average molecular weight is 217 g/mol. The van der Waals surface area contributed by atoms with E-state index >= 15 is 0 Å². The van der Waals surface area contributed by atoms with Gasteiger partial charge in [-0.1, -0.05) is 45.0 Å². The normalized spacial score (nSPS) is 20.6. The summed E-state index contributed by atoms with van der Waals surface area (Å²) in [5.41, 5.74) is 9.60. The van der Waals surface area contributed by atoms with E-state index in [1.54, 1.807) is 0 Å². The fourth-order valence-electron chi connectivity index (χ4n) is 2.68. The Morgan fingerprint density at radius 3 is 2.19 bits per heavy atom. The molecule has 1 fully saturated rings. The Morgan fingerprint density at radius 2 is 1.75 bits per heavy atom. The van der Waals surface area contributed by atoms with Crippen molar-refractivity contribution >= 4 is 0 Å². The number of benzene rings is 1. The van der Waals surface area contributed by atoms with Gasteiger partial charge in [0.15, 0.2) is 0 Å². The lowest BCUT2D eigenvalue weighted by Crippen LogP contribution is -2.33. The van der Waals surface area contributed by atoms with Crippen LogP contribution >= 0.6 is 0 Å². The maximum absolute atomic E-state index is 6.18. The van der Waals surface area contributed by atoms with Gasteiger partial charge in [-0.25, -0.2) is 0 Å². The minimum atomic E-state index is 0.209. The van der Waals surface area contributed by atoms with Crippen molar-refractivity contribution in [2.75, 3.05) is 0 Å². The molecule has 16 heavy (non-hydrogen) atoms. The minimum absolute atomic E-state index is 0.209. The molecule has 0 aliphatic heterocycles. The molecule has 1 saturated carbocycles. The van der Waals surface area contributed by atoms with Crippen molar-refractivity contribution in [3.8, 4) is 0 Å². The summed E-state index contributed by atoms with van der Waals surface area (Å²) in [7, 11) is 0. The van der Waals surface area contributed by atoms with Crippen LogP contribution < -0.4 is 5.73 Å². The molecule has 1 aromatic carbocycles. The maximum Gasteiger partial charge on any atom is 0.0108 e. The van der Waals surface area contributed by atoms with Gasteiger partial charge in [0.05, 0.1) is 0 Å². The van der Waals surface area contributed by atoms with Crippen LogP contribution in [0.25, 0.3) is 0 Å². The molecule has 2 rings (SSSR count). The van der Waals surface area contributed by atoms with E-state index in [4.69, 9.17) is 5.73 Å². The van der Waals surface area contributed by atoms with Gasteiger partial charge in [0, 0.05) is 11.5 Å². The summed E-state index contributed by atoms with van der Waals surface area (Å²) in [6.07, 6.45) is 2.50. The van der Waals surface area contributed by atoms with Gasteiger partial charge in [-0.15, -0.1) is 0 Å². The lowest BCUT2D eigenvalue weighted by molar-refractivity contribution is 0.520. The number of hydrogen-bond donors (Lipinski definition) is 1. The van der Waals surface area contributed by atoms with Gasteiger partial charge in [-0.2, -0.15) is 0 Å². The summed E-state index contributed by atoms with van der Waals surface area (Å²) in [5, 5.41) is 0. The highest BCUT2D eigenvalue weighted by atomic mass is 14.7. The van der Waals surface area contributed by atoms with E-state index in [9.17, 15) is 0 Å². The zero-order chi connectivity index (χ0) is 12.0. The van der Waals surface area contributed by atoms with E-state index in [-0.39, 0.29) is 16.9 Å². The number of nitrogens with two attached hydrogens (primary N) is 1. The Morgan fingerprint density at radius 1 is 1.19 bits per heavy atom. The summed E-state index contributed by atoms with van der Waals surface area (Å²) in [6, 6.07) is 9.08. The van der Waals surface area contributed by atoms with Crippen LogP contribution in [-0.2, 0) is 10.8 Å². The van der Waals surface area contributed by atoms with Crippen molar-refractivity contribution < 1.29 is 0 Å². The molecule has 1 aliphatic rings. The molecule has 1 heteroatoms. The smallest absolute Gasteiger partial charge is 0.0108 e. The third-order valence-corrected chi connectivity index (χ3v) is 3.93. The quantitative estimate of drug-likeness (QED) is 0.807. The van der Waals surface area contributed by atoms with Crippen LogP contribution in [0.3, 0.4) is 0 Å². The molecule has 2 N–H and O–H groups in total. The second kappa shape index (κ2) is 3.59. The van der Waals surface area contributed by atoms with Crippen molar-refractivity contribution in [1.29, 1.82) is 0 Å². The highest BCUT2D eigenvalue weighted by molar-refractivity contribution is 5.43. The molecule has 1 aliphatic carbocycles. The van der Waals surface area contributed by atoms with Crippen LogP contribution in [0.2, 0.25) is 0 Å². The Kier molecular flexibility index (Phi) is 2.62. The molecule has 0 heterocycles. The van der Waals surface area contributed by atoms with Crippen LogP contribution in [0.5, 0.6) is 0 Å². The Balaban J connectivity index is 2.50. The zero-order valence-corrected chi connectivity index (χ0v) is 10.9. The van der Waals surface area contributed by atoms with Crippen LogP contribution in [-0.4, -0.2) is 6.04 Å². The minimum Gasteiger partial charge on any atom is -0.327 e. The molecule has 1 aromatic rings. The first kappa shape index (κ1) is 11.7. The highest BCUT2D eigenvalue weighted by Crippen LogP contribution is 2.52. The maximum atomic E-state index is 6.18. The van der Waals surface area contributed by atoms with Crippen molar-refractivity contribution in [2.24, 2.45) is 5.73 Å². The van der Waals surface area contributed by atoms with Crippen LogP contribution in [0.4, 0.5) is 0 Å². The Bertz CT molecular complexity index is 381. The first-order valence-electron chi connectivity index (χ1n) is 6.23. The zero-order valence-electron chi connectivity index (χ0n) is 10.9. The van der Waals surface area contributed by atoms with Crippen molar-refractivity contribution in [1.82, 2.24) is 0 Å². The third-order valence-electron chi connectivity index (χ3n) is 3.93. The van der Waals surface area contributed by atoms with Crippen LogP contribution in [0.15, 0.2) is 24.3 Å². The summed E-state index contributed by atoms with van der Waals surface area (Å²) >= 11 is 0. The molecule has 1 atom stereocenters. The predicted molar refractivity (Wildman–Crippen MR) is 69.7 cm³/mol. The lowest BCUT2D eigenvalue weighted by Gasteiger charge is -2.29. The van der Waals surface area contributed by atoms with Crippen molar-refractivity contribution in [3.05, 3.63) is 35.4 Å². The van der Waals surface area contributed by atoms with Gasteiger partial charge in [-0.05, 0) is 36.3 Å². The van der Waals surface area contributed by atoms with E-state index in [1.165, 1.54) is 24.0 Å². The first-order chi connectivity index (χ1) is 7.38. The monoisotopic (exact) mass is 217 g/mol. The molecule has 0 amide bonds. The molecule has 0 saturated heterocycles. The first-order valence-corrected chi connectivity index (χ1v) is 6.23. The Hall–Kier alpha value is -0.820. The summed E-state index contributed by atoms with van der Waals surface area (Å²) < 4.78 is 0. The summed E-state index contributed by atoms with van der Waals surface area (Å²) in [6.45, 7) is 8.99. The highest BCUT2D eigenvalue weighted by Gasteiger charge is 2.49. The molecular weight excluding hydrogens is 194 g/mol. The number of rotatable bonds is 2. The van der Waals surface area contributed by atoms with Gasteiger partial charge >= 0.3 is 0 Å². The molecule has 0 radical (unpaired) electrons. The van der Waals surface area contributed by atoms with E-state index in [0.29, 0.717) is 0 Å². The van der Waals surface area contributed by atoms with Gasteiger partial charge in [0.2, 0.25) is 0 Å². The van der Waals surface area contributed by atoms with E-state index in [2.05, 4.69) is 52.0 Å². The summed E-state index contributed by atoms with van der Waals surface area (Å²) in [4.78, 5) is 0. The molecule has 88 valence electrons. The lowest BCUT2D eigenvalue weighted by atomic mass is 9.77. The second-order valence-electron chi connectivity index (χ2n) is 6.24. The van der Waals surface area contributed by atoms with E-state index in [1.807, 2.05) is 0 Å². The predicted octanol–water partition coefficient (Wildman–Crippen LogP) is 3.36. The van der Waals surface area contributed by atoms with E-state index < -0.39 is 0 Å². The van der Waals surface area contributed by atoms with Crippen molar-refractivity contribution in [2.45, 2.75) is 57.4 Å². The second-order valence-corrected chi connectivity index (χ2v) is 6.24. The standard InChI is InChI=1S/C15H23N/c1-11(16)15(9-10-15)13-8-6-5-7-12(13)14(2,3)4/h5-8,11H,9-10,16H2,1-4H3. The summed E-state index contributed by atoms with van der Waals surface area (Å²) in [5.74, 6) is 0. The van der Waals surface area contributed by atoms with E-state index in [0.717, 1.165) is 0 Å². The SMILES string of the molecule is CC(N)C1(c2ccccc2C(C)(C)C)CC1. The molecule has 0 spiro atoms. The average Bonchev–Trinajstić information content (AvgIpc) is 2.97. The Labute approximate surface area is 99.0 Å².